The van der Waals surface area contributed by atoms with Crippen LogP contribution in [0.25, 0.3) is 0 Å². The first-order valence-corrected chi connectivity index (χ1v) is 8.16. The summed E-state index contributed by atoms with van der Waals surface area (Å²) in [5, 5.41) is 3.83. The Kier molecular flexibility index (Phi) is 4.73. The fraction of sp³-hybridized carbons (Fsp3) is 0.647. The third-order valence-electron chi connectivity index (χ3n) is 4.22. The highest BCUT2D eigenvalue weighted by molar-refractivity contribution is 9.10. The lowest BCUT2D eigenvalue weighted by Gasteiger charge is -2.40. The van der Waals surface area contributed by atoms with Crippen molar-refractivity contribution in [1.82, 2.24) is 5.32 Å². The molecule has 1 fully saturated rings. The molecule has 0 heterocycles. The van der Waals surface area contributed by atoms with Crippen molar-refractivity contribution in [3.63, 3.8) is 0 Å². The lowest BCUT2D eigenvalue weighted by atomic mass is 9.70. The molecule has 1 nitrogen and oxygen atoms in total. The molecular formula is C17H26BrN. The highest BCUT2D eigenvalue weighted by Gasteiger charge is 2.32. The lowest BCUT2D eigenvalue weighted by Crippen LogP contribution is -2.41. The van der Waals surface area contributed by atoms with Crippen LogP contribution in [0.15, 0.2) is 28.7 Å². The van der Waals surface area contributed by atoms with Crippen LogP contribution in [-0.2, 0) is 0 Å². The highest BCUT2D eigenvalue weighted by atomic mass is 79.9. The van der Waals surface area contributed by atoms with Crippen molar-refractivity contribution >= 4 is 15.9 Å². The van der Waals surface area contributed by atoms with E-state index in [0.29, 0.717) is 17.5 Å². The number of halogens is 1. The molecule has 0 amide bonds. The summed E-state index contributed by atoms with van der Waals surface area (Å²) in [7, 11) is 0. The van der Waals surface area contributed by atoms with Crippen LogP contribution < -0.4 is 5.32 Å². The van der Waals surface area contributed by atoms with E-state index in [0.717, 1.165) is 10.4 Å². The maximum absolute atomic E-state index is 3.83. The van der Waals surface area contributed by atoms with Crippen LogP contribution in [0.5, 0.6) is 0 Å². The largest absolute Gasteiger partial charge is 0.307 e. The van der Waals surface area contributed by atoms with Crippen LogP contribution in [0, 0.1) is 11.3 Å². The zero-order valence-corrected chi connectivity index (χ0v) is 14.1. The summed E-state index contributed by atoms with van der Waals surface area (Å²) in [6.07, 6.45) is 3.95. The second-order valence-corrected chi connectivity index (χ2v) is 7.97. The molecule has 1 aliphatic rings. The van der Waals surface area contributed by atoms with Gasteiger partial charge in [0.2, 0.25) is 0 Å². The van der Waals surface area contributed by atoms with Crippen LogP contribution in [0.2, 0.25) is 0 Å². The molecule has 1 aromatic rings. The SMILES string of the molecule is CC1CC(N[C@@H](C)c2cccc(Br)c2)CC(C)(C)C1. The molecule has 0 radical (unpaired) electrons. The second kappa shape index (κ2) is 5.97. The normalized spacial score (nSPS) is 28.1. The molecule has 0 bridgehead atoms. The minimum atomic E-state index is 0.420. The van der Waals surface area contributed by atoms with Gasteiger partial charge in [-0.15, -0.1) is 0 Å². The number of rotatable bonds is 3. The van der Waals surface area contributed by atoms with Gasteiger partial charge >= 0.3 is 0 Å². The first-order chi connectivity index (χ1) is 8.85. The van der Waals surface area contributed by atoms with Gasteiger partial charge in [0.25, 0.3) is 0 Å². The van der Waals surface area contributed by atoms with Gasteiger partial charge in [0, 0.05) is 16.6 Å². The van der Waals surface area contributed by atoms with Crippen molar-refractivity contribution in [1.29, 1.82) is 0 Å². The van der Waals surface area contributed by atoms with Gasteiger partial charge in [0.15, 0.2) is 0 Å². The molecular weight excluding hydrogens is 298 g/mol. The predicted octanol–water partition coefficient (Wildman–Crippen LogP) is 5.31. The summed E-state index contributed by atoms with van der Waals surface area (Å²) in [5.41, 5.74) is 1.84. The molecule has 1 saturated carbocycles. The third kappa shape index (κ3) is 4.32. The van der Waals surface area contributed by atoms with E-state index in [2.05, 4.69) is 73.2 Å². The number of hydrogen-bond donors (Lipinski definition) is 1. The van der Waals surface area contributed by atoms with Gasteiger partial charge in [-0.25, -0.2) is 0 Å². The van der Waals surface area contributed by atoms with E-state index in [1.807, 2.05) is 0 Å². The monoisotopic (exact) mass is 323 g/mol. The first-order valence-electron chi connectivity index (χ1n) is 7.37. The Bertz CT molecular complexity index is 427. The molecule has 2 heteroatoms. The maximum Gasteiger partial charge on any atom is 0.0294 e. The Morgan fingerprint density at radius 3 is 2.68 bits per heavy atom. The molecule has 0 aliphatic heterocycles. The van der Waals surface area contributed by atoms with Gasteiger partial charge in [-0.2, -0.15) is 0 Å². The van der Waals surface area contributed by atoms with Gasteiger partial charge in [-0.05, 0) is 55.2 Å². The molecule has 0 spiro atoms. The average molecular weight is 324 g/mol. The quantitative estimate of drug-likeness (QED) is 0.794. The maximum atomic E-state index is 3.83. The van der Waals surface area contributed by atoms with Gasteiger partial charge in [-0.3, -0.25) is 0 Å². The number of nitrogens with one attached hydrogen (secondary N) is 1. The highest BCUT2D eigenvalue weighted by Crippen LogP contribution is 2.39. The van der Waals surface area contributed by atoms with Crippen LogP contribution in [0.1, 0.15) is 58.6 Å². The van der Waals surface area contributed by atoms with Crippen LogP contribution >= 0.6 is 15.9 Å². The summed E-state index contributed by atoms with van der Waals surface area (Å²) in [6, 6.07) is 9.69. The topological polar surface area (TPSA) is 12.0 Å². The van der Waals surface area contributed by atoms with E-state index in [1.165, 1.54) is 24.8 Å². The van der Waals surface area contributed by atoms with E-state index < -0.39 is 0 Å². The lowest BCUT2D eigenvalue weighted by molar-refractivity contribution is 0.145. The van der Waals surface area contributed by atoms with E-state index in [-0.39, 0.29) is 0 Å². The van der Waals surface area contributed by atoms with Crippen LogP contribution in [0.3, 0.4) is 0 Å². The molecule has 0 aromatic heterocycles. The zero-order chi connectivity index (χ0) is 14.0. The summed E-state index contributed by atoms with van der Waals surface area (Å²) >= 11 is 3.56. The minimum Gasteiger partial charge on any atom is -0.307 e. The van der Waals surface area contributed by atoms with Crippen molar-refractivity contribution in [3.8, 4) is 0 Å². The molecule has 1 N–H and O–H groups in total. The van der Waals surface area contributed by atoms with Crippen molar-refractivity contribution in [2.45, 2.75) is 59.0 Å². The van der Waals surface area contributed by atoms with Crippen LogP contribution in [-0.4, -0.2) is 6.04 Å². The smallest absolute Gasteiger partial charge is 0.0294 e. The summed E-state index contributed by atoms with van der Waals surface area (Å²) < 4.78 is 1.16. The molecule has 106 valence electrons. The van der Waals surface area contributed by atoms with Crippen LogP contribution in [0.4, 0.5) is 0 Å². The van der Waals surface area contributed by atoms with Crippen molar-refractivity contribution in [3.05, 3.63) is 34.3 Å². The van der Waals surface area contributed by atoms with Crippen molar-refractivity contribution < 1.29 is 0 Å². The van der Waals surface area contributed by atoms with E-state index in [4.69, 9.17) is 0 Å². The Morgan fingerprint density at radius 1 is 1.32 bits per heavy atom. The molecule has 0 saturated heterocycles. The van der Waals surface area contributed by atoms with Gasteiger partial charge < -0.3 is 5.32 Å². The Labute approximate surface area is 126 Å². The molecule has 19 heavy (non-hydrogen) atoms. The Morgan fingerprint density at radius 2 is 2.05 bits per heavy atom. The molecule has 3 atom stereocenters. The predicted molar refractivity (Wildman–Crippen MR) is 86.3 cm³/mol. The zero-order valence-electron chi connectivity index (χ0n) is 12.5. The van der Waals surface area contributed by atoms with E-state index in [1.54, 1.807) is 0 Å². The van der Waals surface area contributed by atoms with Gasteiger partial charge in [0.05, 0.1) is 0 Å². The second-order valence-electron chi connectivity index (χ2n) is 7.05. The fourth-order valence-electron chi connectivity index (χ4n) is 3.70. The molecule has 2 rings (SSSR count). The number of hydrogen-bond acceptors (Lipinski definition) is 1. The average Bonchev–Trinajstić information content (AvgIpc) is 2.25. The minimum absolute atomic E-state index is 0.420. The Balaban J connectivity index is 2.00. The Hall–Kier alpha value is -0.340. The first kappa shape index (κ1) is 15.1. The standard InChI is InChI=1S/C17H26BrN/c1-12-8-16(11-17(3,4)10-12)19-13(2)14-6-5-7-15(18)9-14/h5-7,9,12-13,16,19H,8,10-11H2,1-4H3/t12?,13-,16?/m0/s1. The number of benzene rings is 1. The van der Waals surface area contributed by atoms with Crippen molar-refractivity contribution in [2.75, 3.05) is 0 Å². The third-order valence-corrected chi connectivity index (χ3v) is 4.71. The van der Waals surface area contributed by atoms with Gasteiger partial charge in [0.1, 0.15) is 0 Å². The summed E-state index contributed by atoms with van der Waals surface area (Å²) in [5.74, 6) is 0.830. The van der Waals surface area contributed by atoms with E-state index in [9.17, 15) is 0 Å². The fourth-order valence-corrected chi connectivity index (χ4v) is 4.12. The molecule has 2 unspecified atom stereocenters. The molecule has 1 aliphatic carbocycles. The summed E-state index contributed by atoms with van der Waals surface area (Å²) in [4.78, 5) is 0. The van der Waals surface area contributed by atoms with E-state index >= 15 is 0 Å². The summed E-state index contributed by atoms with van der Waals surface area (Å²) in [6.45, 7) is 9.47. The van der Waals surface area contributed by atoms with Crippen molar-refractivity contribution in [2.24, 2.45) is 11.3 Å². The van der Waals surface area contributed by atoms with Gasteiger partial charge in [-0.1, -0.05) is 48.8 Å². The molecule has 1 aromatic carbocycles.